The number of benzene rings is 3. The molecule has 0 aliphatic heterocycles. The highest BCUT2D eigenvalue weighted by atomic mass is 35.5. The van der Waals surface area contributed by atoms with Gasteiger partial charge in [-0.1, -0.05) is 120 Å². The highest BCUT2D eigenvalue weighted by Crippen LogP contribution is 2.43. The molecule has 0 amide bonds. The molecule has 0 nitrogen and oxygen atoms in total. The van der Waals surface area contributed by atoms with E-state index in [9.17, 15) is 0 Å². The molecule has 0 atom stereocenters. The summed E-state index contributed by atoms with van der Waals surface area (Å²) in [4.78, 5) is 0. The summed E-state index contributed by atoms with van der Waals surface area (Å²) < 4.78 is -1.11. The first-order chi connectivity index (χ1) is 10.6. The van der Waals surface area contributed by atoms with Crippen molar-refractivity contribution in [1.29, 1.82) is 0 Å². The summed E-state index contributed by atoms with van der Waals surface area (Å²) in [6.07, 6.45) is 0. The second kappa shape index (κ2) is 8.24. The number of rotatable bonds is 2. The quantitative estimate of drug-likeness (QED) is 0.451. The second-order valence-corrected chi connectivity index (χ2v) is 6.31. The lowest BCUT2D eigenvalue weighted by atomic mass is 10.0. The van der Waals surface area contributed by atoms with Crippen LogP contribution in [0.2, 0.25) is 5.02 Å². The molecule has 0 heterocycles. The molecular weight excluding hydrogens is 335 g/mol. The molecule has 3 aromatic rings. The fraction of sp³-hybridized carbons (Fsp3) is 0.0526. The Bertz CT molecular complexity index is 653. The minimum absolute atomic E-state index is 0.566. The summed E-state index contributed by atoms with van der Waals surface area (Å²) in [6, 6.07) is 28.8. The molecule has 0 radical (unpaired) electrons. The Morgan fingerprint density at radius 2 is 0.955 bits per heavy atom. The predicted molar refractivity (Wildman–Crippen MR) is 96.8 cm³/mol. The molecule has 0 aromatic heterocycles. The Morgan fingerprint density at radius 1 is 0.545 bits per heavy atom. The third-order valence-corrected chi connectivity index (χ3v) is 4.19. The molecular formula is C19H15Cl3. The Labute approximate surface area is 146 Å². The summed E-state index contributed by atoms with van der Waals surface area (Å²) >= 11 is 18.8. The van der Waals surface area contributed by atoms with Gasteiger partial charge in [0.15, 0.2) is 4.33 Å². The van der Waals surface area contributed by atoms with Gasteiger partial charge in [0, 0.05) is 10.6 Å². The van der Waals surface area contributed by atoms with Gasteiger partial charge >= 0.3 is 0 Å². The zero-order valence-electron chi connectivity index (χ0n) is 11.8. The van der Waals surface area contributed by atoms with Crippen LogP contribution in [0, 0.1) is 0 Å². The van der Waals surface area contributed by atoms with Gasteiger partial charge in [0.2, 0.25) is 0 Å². The van der Waals surface area contributed by atoms with Crippen LogP contribution in [0.1, 0.15) is 11.1 Å². The summed E-state index contributed by atoms with van der Waals surface area (Å²) in [7, 11) is 0. The molecule has 112 valence electrons. The predicted octanol–water partition coefficient (Wildman–Crippen LogP) is 6.71. The van der Waals surface area contributed by atoms with Crippen molar-refractivity contribution < 1.29 is 0 Å². The van der Waals surface area contributed by atoms with Crippen LogP contribution in [0.4, 0.5) is 0 Å². The van der Waals surface area contributed by atoms with E-state index in [4.69, 9.17) is 34.8 Å². The maximum Gasteiger partial charge on any atom is 0.169 e. The molecule has 22 heavy (non-hydrogen) atoms. The summed E-state index contributed by atoms with van der Waals surface area (Å²) in [6.45, 7) is 0. The molecule has 0 saturated carbocycles. The molecule has 0 aliphatic carbocycles. The molecule has 3 aromatic carbocycles. The smallest absolute Gasteiger partial charge is 0.0909 e. The highest BCUT2D eigenvalue weighted by molar-refractivity contribution is 6.51. The van der Waals surface area contributed by atoms with Crippen LogP contribution in [-0.2, 0) is 4.33 Å². The standard InChI is InChI=1S/C13H9Cl3.C6H6/c14-12-9-5-4-8-11(12)13(15,16)10-6-2-1-3-7-10;1-2-4-6-5-3-1/h1-9H;1-6H. The Morgan fingerprint density at radius 3 is 1.45 bits per heavy atom. The molecule has 3 rings (SSSR count). The molecule has 0 saturated heterocycles. The van der Waals surface area contributed by atoms with E-state index in [2.05, 4.69) is 0 Å². The van der Waals surface area contributed by atoms with Crippen molar-refractivity contribution in [3.63, 3.8) is 0 Å². The SMILES string of the molecule is Clc1ccccc1C(Cl)(Cl)c1ccccc1.c1ccccc1. The van der Waals surface area contributed by atoms with Crippen LogP contribution in [0.15, 0.2) is 91.0 Å². The lowest BCUT2D eigenvalue weighted by Crippen LogP contribution is -2.12. The van der Waals surface area contributed by atoms with Crippen LogP contribution >= 0.6 is 34.8 Å². The van der Waals surface area contributed by atoms with Gasteiger partial charge < -0.3 is 0 Å². The van der Waals surface area contributed by atoms with Gasteiger partial charge in [-0.05, 0) is 11.6 Å². The van der Waals surface area contributed by atoms with E-state index in [0.29, 0.717) is 10.6 Å². The summed E-state index contributed by atoms with van der Waals surface area (Å²) in [5.74, 6) is 0. The highest BCUT2D eigenvalue weighted by Gasteiger charge is 2.30. The summed E-state index contributed by atoms with van der Waals surface area (Å²) in [5, 5.41) is 0.566. The van der Waals surface area contributed by atoms with E-state index in [0.717, 1.165) is 5.56 Å². The Kier molecular flexibility index (Phi) is 6.33. The maximum atomic E-state index is 6.37. The van der Waals surface area contributed by atoms with E-state index < -0.39 is 4.33 Å². The van der Waals surface area contributed by atoms with E-state index in [1.165, 1.54) is 0 Å². The molecule has 0 N–H and O–H groups in total. The third kappa shape index (κ3) is 4.51. The zero-order valence-corrected chi connectivity index (χ0v) is 14.1. The monoisotopic (exact) mass is 348 g/mol. The van der Waals surface area contributed by atoms with Gasteiger partial charge in [0.1, 0.15) is 0 Å². The average molecular weight is 350 g/mol. The van der Waals surface area contributed by atoms with Crippen molar-refractivity contribution in [2.75, 3.05) is 0 Å². The molecule has 0 bridgehead atoms. The van der Waals surface area contributed by atoms with Crippen LogP contribution < -0.4 is 0 Å². The summed E-state index contributed by atoms with van der Waals surface area (Å²) in [5.41, 5.74) is 1.51. The van der Waals surface area contributed by atoms with Crippen LogP contribution in [-0.4, -0.2) is 0 Å². The van der Waals surface area contributed by atoms with Gasteiger partial charge in [-0.15, -0.1) is 0 Å². The van der Waals surface area contributed by atoms with Crippen molar-refractivity contribution in [3.05, 3.63) is 107 Å². The largest absolute Gasteiger partial charge is 0.169 e. The van der Waals surface area contributed by atoms with Crippen molar-refractivity contribution in [2.24, 2.45) is 0 Å². The second-order valence-electron chi connectivity index (χ2n) is 4.57. The van der Waals surface area contributed by atoms with Gasteiger partial charge in [0.05, 0.1) is 0 Å². The number of halogens is 3. The fourth-order valence-corrected chi connectivity index (χ4v) is 2.86. The fourth-order valence-electron chi connectivity index (χ4n) is 1.90. The molecule has 3 heteroatoms. The Hall–Kier alpha value is -1.47. The van der Waals surface area contributed by atoms with E-state index in [-0.39, 0.29) is 0 Å². The van der Waals surface area contributed by atoms with E-state index in [1.807, 2.05) is 84.9 Å². The van der Waals surface area contributed by atoms with Crippen LogP contribution in [0.25, 0.3) is 0 Å². The van der Waals surface area contributed by atoms with Gasteiger partial charge in [-0.25, -0.2) is 0 Å². The number of hydrogen-bond acceptors (Lipinski definition) is 0. The van der Waals surface area contributed by atoms with Crippen molar-refractivity contribution in [3.8, 4) is 0 Å². The molecule has 0 unspecified atom stereocenters. The first-order valence-electron chi connectivity index (χ1n) is 6.80. The van der Waals surface area contributed by atoms with Crippen molar-refractivity contribution in [2.45, 2.75) is 4.33 Å². The number of alkyl halides is 2. The zero-order chi connectivity index (χ0) is 15.8. The first-order valence-corrected chi connectivity index (χ1v) is 7.94. The van der Waals surface area contributed by atoms with Crippen molar-refractivity contribution in [1.82, 2.24) is 0 Å². The van der Waals surface area contributed by atoms with E-state index in [1.54, 1.807) is 6.07 Å². The van der Waals surface area contributed by atoms with E-state index >= 15 is 0 Å². The topological polar surface area (TPSA) is 0 Å². The van der Waals surface area contributed by atoms with Crippen molar-refractivity contribution >= 4 is 34.8 Å². The molecule has 0 spiro atoms. The minimum atomic E-state index is -1.11. The van der Waals surface area contributed by atoms with Gasteiger partial charge in [-0.2, -0.15) is 0 Å². The van der Waals surface area contributed by atoms with Crippen LogP contribution in [0.5, 0.6) is 0 Å². The maximum absolute atomic E-state index is 6.37. The lowest BCUT2D eigenvalue weighted by molar-refractivity contribution is 1.04. The van der Waals surface area contributed by atoms with Gasteiger partial charge in [0.25, 0.3) is 0 Å². The minimum Gasteiger partial charge on any atom is -0.0909 e. The Balaban J connectivity index is 0.000000246. The normalized spacial score (nSPS) is 10.5. The first kappa shape index (κ1) is 16.9. The van der Waals surface area contributed by atoms with Gasteiger partial charge in [-0.3, -0.25) is 0 Å². The molecule has 0 aliphatic rings. The number of hydrogen-bond donors (Lipinski definition) is 0. The molecule has 0 fully saturated rings. The average Bonchev–Trinajstić information content (AvgIpc) is 2.58. The van der Waals surface area contributed by atoms with Crippen LogP contribution in [0.3, 0.4) is 0 Å². The third-order valence-electron chi connectivity index (χ3n) is 3.02. The lowest BCUT2D eigenvalue weighted by Gasteiger charge is -2.21.